The largest absolute Gasteiger partial charge is 0.319 e. The lowest BCUT2D eigenvalue weighted by atomic mass is 9.93. The second-order valence-electron chi connectivity index (χ2n) is 5.26. The van der Waals surface area contributed by atoms with Crippen molar-refractivity contribution in [3.8, 4) is 0 Å². The number of hydrogen-bond donors (Lipinski definition) is 2. The Hall–Kier alpha value is -1.16. The summed E-state index contributed by atoms with van der Waals surface area (Å²) >= 11 is 0. The molecule has 0 atom stereocenters. The molecule has 0 spiro atoms. The lowest BCUT2D eigenvalue weighted by Crippen LogP contribution is -2.39. The molecule has 1 heterocycles. The molecule has 1 aromatic rings. The smallest absolute Gasteiger partial charge is 0.254 e. The van der Waals surface area contributed by atoms with Gasteiger partial charge in [0.05, 0.1) is 11.2 Å². The van der Waals surface area contributed by atoms with Crippen LogP contribution in [0.15, 0.2) is 4.79 Å². The molecule has 4 heteroatoms. The van der Waals surface area contributed by atoms with Gasteiger partial charge in [-0.25, -0.2) is 4.98 Å². The van der Waals surface area contributed by atoms with Crippen molar-refractivity contribution in [2.45, 2.75) is 64.3 Å². The van der Waals surface area contributed by atoms with E-state index in [-0.39, 0.29) is 5.56 Å². The molecule has 100 valence electrons. The Kier molecular flexibility index (Phi) is 3.85. The van der Waals surface area contributed by atoms with Gasteiger partial charge in [-0.2, -0.15) is 0 Å². The van der Waals surface area contributed by atoms with Crippen molar-refractivity contribution in [1.82, 2.24) is 9.97 Å². The first-order chi connectivity index (χ1) is 8.60. The topological polar surface area (TPSA) is 71.8 Å². The van der Waals surface area contributed by atoms with Crippen LogP contribution in [0.1, 0.15) is 63.0 Å². The predicted octanol–water partition coefficient (Wildman–Crippen LogP) is 2.01. The summed E-state index contributed by atoms with van der Waals surface area (Å²) in [6, 6.07) is 0. The van der Waals surface area contributed by atoms with E-state index in [1.165, 1.54) is 6.42 Å². The number of aryl methyl sites for hydroxylation is 1. The number of nitrogens with two attached hydrogens (primary N) is 1. The van der Waals surface area contributed by atoms with E-state index in [4.69, 9.17) is 5.73 Å². The zero-order chi connectivity index (χ0) is 13.2. The van der Waals surface area contributed by atoms with E-state index in [0.29, 0.717) is 5.82 Å². The summed E-state index contributed by atoms with van der Waals surface area (Å²) in [5.74, 6) is 0.665. The normalized spacial score (nSPS) is 16.2. The number of nitrogens with one attached hydrogen (secondary N) is 1. The summed E-state index contributed by atoms with van der Waals surface area (Å²) in [4.78, 5) is 19.7. The molecule has 0 saturated carbocycles. The zero-order valence-electron chi connectivity index (χ0n) is 11.4. The molecular formula is C14H23N3O. The number of nitrogens with zero attached hydrogens (tertiary/aromatic N) is 1. The molecular weight excluding hydrogens is 226 g/mol. The highest BCUT2D eigenvalue weighted by Gasteiger charge is 2.27. The van der Waals surface area contributed by atoms with Crippen molar-refractivity contribution in [3.63, 3.8) is 0 Å². The lowest BCUT2D eigenvalue weighted by Gasteiger charge is -2.26. The second-order valence-corrected chi connectivity index (χ2v) is 5.26. The first-order valence-corrected chi connectivity index (χ1v) is 7.02. The summed E-state index contributed by atoms with van der Waals surface area (Å²) in [5.41, 5.74) is 7.70. The number of rotatable bonds is 3. The van der Waals surface area contributed by atoms with E-state index in [2.05, 4.69) is 9.97 Å². The van der Waals surface area contributed by atoms with Crippen LogP contribution in [-0.2, 0) is 18.4 Å². The van der Waals surface area contributed by atoms with E-state index < -0.39 is 5.54 Å². The monoisotopic (exact) mass is 249 g/mol. The fraction of sp³-hybridized carbons (Fsp3) is 0.714. The van der Waals surface area contributed by atoms with Crippen LogP contribution in [0.4, 0.5) is 0 Å². The van der Waals surface area contributed by atoms with Gasteiger partial charge in [0.25, 0.3) is 5.56 Å². The molecule has 0 amide bonds. The van der Waals surface area contributed by atoms with Gasteiger partial charge < -0.3 is 10.7 Å². The maximum atomic E-state index is 12.2. The number of aromatic nitrogens is 2. The van der Waals surface area contributed by atoms with Crippen LogP contribution in [0.2, 0.25) is 0 Å². The van der Waals surface area contributed by atoms with Crippen molar-refractivity contribution in [2.75, 3.05) is 0 Å². The highest BCUT2D eigenvalue weighted by molar-refractivity contribution is 5.21. The minimum absolute atomic E-state index is 0.0219. The Morgan fingerprint density at radius 2 is 1.89 bits per heavy atom. The van der Waals surface area contributed by atoms with Gasteiger partial charge in [0.15, 0.2) is 0 Å². The molecule has 0 fully saturated rings. The number of aromatic amines is 1. The van der Waals surface area contributed by atoms with Crippen LogP contribution >= 0.6 is 0 Å². The van der Waals surface area contributed by atoms with Crippen molar-refractivity contribution in [1.29, 1.82) is 0 Å². The number of hydrogen-bond acceptors (Lipinski definition) is 3. The molecule has 1 aliphatic carbocycles. The summed E-state index contributed by atoms with van der Waals surface area (Å²) in [5, 5.41) is 0. The van der Waals surface area contributed by atoms with Gasteiger partial charge >= 0.3 is 0 Å². The Morgan fingerprint density at radius 3 is 2.56 bits per heavy atom. The molecule has 4 nitrogen and oxygen atoms in total. The fourth-order valence-corrected chi connectivity index (χ4v) is 2.60. The first kappa shape index (κ1) is 13.3. The minimum atomic E-state index is -0.500. The van der Waals surface area contributed by atoms with E-state index in [0.717, 1.165) is 49.8 Å². The quantitative estimate of drug-likeness (QED) is 0.805. The standard InChI is InChI=1S/C14H23N3O/c1-3-14(15,4-2)13-16-11-9-7-5-6-8-10(11)12(18)17-13/h3-9,15H2,1-2H3,(H,16,17,18). The van der Waals surface area contributed by atoms with E-state index in [1.807, 2.05) is 13.8 Å². The third kappa shape index (κ3) is 2.34. The minimum Gasteiger partial charge on any atom is -0.319 e. The number of H-pyrrole nitrogens is 1. The van der Waals surface area contributed by atoms with Gasteiger partial charge in [-0.05, 0) is 38.5 Å². The van der Waals surface area contributed by atoms with E-state index >= 15 is 0 Å². The van der Waals surface area contributed by atoms with Crippen LogP contribution in [0.5, 0.6) is 0 Å². The molecule has 0 radical (unpaired) electrons. The van der Waals surface area contributed by atoms with E-state index in [9.17, 15) is 4.79 Å². The average molecular weight is 249 g/mol. The molecule has 18 heavy (non-hydrogen) atoms. The Morgan fingerprint density at radius 1 is 1.22 bits per heavy atom. The molecule has 2 rings (SSSR count). The molecule has 0 aromatic carbocycles. The molecule has 3 N–H and O–H groups in total. The van der Waals surface area contributed by atoms with Crippen LogP contribution in [0.3, 0.4) is 0 Å². The summed E-state index contributed by atoms with van der Waals surface area (Å²) in [6.07, 6.45) is 6.73. The highest BCUT2D eigenvalue weighted by Crippen LogP contribution is 2.23. The molecule has 1 aliphatic rings. The van der Waals surface area contributed by atoms with Gasteiger partial charge in [-0.1, -0.05) is 20.3 Å². The average Bonchev–Trinajstić information content (AvgIpc) is 2.63. The Labute approximate surface area is 108 Å². The van der Waals surface area contributed by atoms with Crippen molar-refractivity contribution in [3.05, 3.63) is 27.4 Å². The summed E-state index contributed by atoms with van der Waals surface area (Å²) < 4.78 is 0. The van der Waals surface area contributed by atoms with Gasteiger partial charge in [0, 0.05) is 5.56 Å². The Bertz CT molecular complexity index is 474. The van der Waals surface area contributed by atoms with Crippen molar-refractivity contribution < 1.29 is 0 Å². The zero-order valence-corrected chi connectivity index (χ0v) is 11.4. The van der Waals surface area contributed by atoms with Gasteiger partial charge in [-0.15, -0.1) is 0 Å². The first-order valence-electron chi connectivity index (χ1n) is 7.02. The van der Waals surface area contributed by atoms with Crippen LogP contribution in [0, 0.1) is 0 Å². The van der Waals surface area contributed by atoms with Crippen LogP contribution in [0.25, 0.3) is 0 Å². The van der Waals surface area contributed by atoms with Crippen molar-refractivity contribution in [2.24, 2.45) is 5.73 Å². The van der Waals surface area contributed by atoms with Crippen LogP contribution in [-0.4, -0.2) is 9.97 Å². The number of fused-ring (bicyclic) bond motifs is 1. The molecule has 0 aliphatic heterocycles. The molecule has 0 saturated heterocycles. The highest BCUT2D eigenvalue weighted by atomic mass is 16.1. The maximum Gasteiger partial charge on any atom is 0.254 e. The lowest BCUT2D eigenvalue weighted by molar-refractivity contribution is 0.384. The molecule has 1 aromatic heterocycles. The maximum absolute atomic E-state index is 12.2. The van der Waals surface area contributed by atoms with E-state index in [1.54, 1.807) is 0 Å². The summed E-state index contributed by atoms with van der Waals surface area (Å²) in [7, 11) is 0. The summed E-state index contributed by atoms with van der Waals surface area (Å²) in [6.45, 7) is 4.07. The van der Waals surface area contributed by atoms with Crippen molar-refractivity contribution >= 4 is 0 Å². The van der Waals surface area contributed by atoms with Gasteiger partial charge in [0.2, 0.25) is 0 Å². The van der Waals surface area contributed by atoms with Gasteiger partial charge in [0.1, 0.15) is 5.82 Å². The van der Waals surface area contributed by atoms with Crippen LogP contribution < -0.4 is 11.3 Å². The predicted molar refractivity (Wildman–Crippen MR) is 72.6 cm³/mol. The van der Waals surface area contributed by atoms with Gasteiger partial charge in [-0.3, -0.25) is 4.79 Å². The molecule has 0 bridgehead atoms. The Balaban J connectivity index is 2.50. The second kappa shape index (κ2) is 5.22. The molecule has 0 unspecified atom stereocenters. The third-order valence-corrected chi connectivity index (χ3v) is 4.17. The fourth-order valence-electron chi connectivity index (χ4n) is 2.60. The third-order valence-electron chi connectivity index (χ3n) is 4.17. The SMILES string of the molecule is CCC(N)(CC)c1nc2c(c(=O)[nH]1)CCCCC2.